The molecule has 4 aromatic rings. The molecule has 0 bridgehead atoms. The second-order valence-electron chi connectivity index (χ2n) is 8.60. The minimum Gasteiger partial charge on any atom is -0.490 e. The van der Waals surface area contributed by atoms with Crippen LogP contribution in [0.3, 0.4) is 0 Å². The lowest BCUT2D eigenvalue weighted by atomic mass is 10.1. The first-order valence-electron chi connectivity index (χ1n) is 12.0. The van der Waals surface area contributed by atoms with Gasteiger partial charge in [-0.05, 0) is 82.9 Å². The van der Waals surface area contributed by atoms with Gasteiger partial charge in [0.25, 0.3) is 5.56 Å². The van der Waals surface area contributed by atoms with Crippen molar-refractivity contribution in [3.05, 3.63) is 94.8 Å². The molecule has 3 aromatic carbocycles. The molecule has 1 atom stereocenters. The van der Waals surface area contributed by atoms with Gasteiger partial charge in [0.05, 0.1) is 38.2 Å². The molecule has 0 radical (unpaired) electrons. The summed E-state index contributed by atoms with van der Waals surface area (Å²) >= 11 is 19.2. The van der Waals surface area contributed by atoms with Crippen LogP contribution >= 0.6 is 55.1 Å². The van der Waals surface area contributed by atoms with Crippen molar-refractivity contribution in [3.8, 4) is 11.5 Å². The third-order valence-electron chi connectivity index (χ3n) is 5.91. The van der Waals surface area contributed by atoms with Crippen LogP contribution in [0.2, 0.25) is 10.0 Å². The first-order chi connectivity index (χ1) is 18.2. The van der Waals surface area contributed by atoms with Crippen LogP contribution < -0.4 is 15.0 Å². The molecule has 6 nitrogen and oxygen atoms in total. The van der Waals surface area contributed by atoms with Gasteiger partial charge in [0.15, 0.2) is 11.5 Å². The van der Waals surface area contributed by atoms with Crippen molar-refractivity contribution in [2.45, 2.75) is 39.7 Å². The molecule has 0 amide bonds. The fourth-order valence-electron chi connectivity index (χ4n) is 3.75. The van der Waals surface area contributed by atoms with Gasteiger partial charge in [0.1, 0.15) is 12.4 Å². The van der Waals surface area contributed by atoms with E-state index in [2.05, 4.69) is 43.9 Å². The van der Waals surface area contributed by atoms with Crippen LogP contribution in [0, 0.1) is 0 Å². The Morgan fingerprint density at radius 1 is 1.05 bits per heavy atom. The fraction of sp³-hybridized carbons (Fsp3) is 0.250. The van der Waals surface area contributed by atoms with E-state index in [1.165, 1.54) is 4.68 Å². The molecular formula is C28H25Br2Cl2N3O3. The first kappa shape index (κ1) is 28.6. The molecule has 0 N–H and O–H groups in total. The normalized spacial score (nSPS) is 12.3. The Hall–Kier alpha value is -2.39. The summed E-state index contributed by atoms with van der Waals surface area (Å²) in [5.74, 6) is 1.73. The van der Waals surface area contributed by atoms with Crippen molar-refractivity contribution in [2.24, 2.45) is 5.10 Å². The highest BCUT2D eigenvalue weighted by Crippen LogP contribution is 2.37. The Balaban J connectivity index is 1.70. The van der Waals surface area contributed by atoms with Crippen LogP contribution in [0.1, 0.15) is 50.1 Å². The molecule has 0 aliphatic rings. The Labute approximate surface area is 247 Å². The van der Waals surface area contributed by atoms with Crippen molar-refractivity contribution in [2.75, 3.05) is 6.61 Å². The Kier molecular flexibility index (Phi) is 9.52. The van der Waals surface area contributed by atoms with Crippen molar-refractivity contribution in [3.63, 3.8) is 0 Å². The zero-order valence-electron chi connectivity index (χ0n) is 21.0. The van der Waals surface area contributed by atoms with Gasteiger partial charge in [-0.15, -0.1) is 0 Å². The molecular weight excluding hydrogens is 657 g/mol. The quantitative estimate of drug-likeness (QED) is 0.166. The molecule has 10 heteroatoms. The number of halogens is 4. The average Bonchev–Trinajstić information content (AvgIpc) is 2.89. The number of fused-ring (bicyclic) bond motifs is 1. The summed E-state index contributed by atoms with van der Waals surface area (Å²) in [5.41, 5.74) is 2.00. The monoisotopic (exact) mass is 679 g/mol. The van der Waals surface area contributed by atoms with E-state index in [9.17, 15) is 4.79 Å². The number of nitrogens with zero attached hydrogens (tertiary/aromatic N) is 3. The predicted molar refractivity (Wildman–Crippen MR) is 162 cm³/mol. The molecule has 0 aliphatic carbocycles. The summed E-state index contributed by atoms with van der Waals surface area (Å²) in [6, 6.07) is 14.5. The molecule has 4 rings (SSSR count). The Morgan fingerprint density at radius 3 is 2.55 bits per heavy atom. The van der Waals surface area contributed by atoms with E-state index in [1.54, 1.807) is 24.4 Å². The van der Waals surface area contributed by atoms with E-state index in [-0.39, 0.29) is 18.1 Å². The van der Waals surface area contributed by atoms with Crippen molar-refractivity contribution in [1.82, 2.24) is 9.66 Å². The van der Waals surface area contributed by atoms with Gasteiger partial charge >= 0.3 is 0 Å². The smallest absolute Gasteiger partial charge is 0.282 e. The van der Waals surface area contributed by atoms with Gasteiger partial charge in [-0.25, -0.2) is 4.98 Å². The largest absolute Gasteiger partial charge is 0.490 e. The van der Waals surface area contributed by atoms with Crippen LogP contribution in [0.25, 0.3) is 10.9 Å². The second-order valence-corrected chi connectivity index (χ2v) is 11.2. The highest BCUT2D eigenvalue weighted by molar-refractivity contribution is 9.10. The van der Waals surface area contributed by atoms with Crippen LogP contribution in [-0.4, -0.2) is 22.5 Å². The molecule has 0 saturated carbocycles. The van der Waals surface area contributed by atoms with E-state index in [0.717, 1.165) is 22.0 Å². The molecule has 0 unspecified atom stereocenters. The van der Waals surface area contributed by atoms with E-state index >= 15 is 0 Å². The van der Waals surface area contributed by atoms with Crippen LogP contribution in [-0.2, 0) is 6.61 Å². The number of aromatic nitrogens is 2. The number of hydrogen-bond acceptors (Lipinski definition) is 5. The Bertz CT molecular complexity index is 1570. The van der Waals surface area contributed by atoms with Gasteiger partial charge in [-0.2, -0.15) is 9.78 Å². The van der Waals surface area contributed by atoms with E-state index < -0.39 is 0 Å². The summed E-state index contributed by atoms with van der Waals surface area (Å²) in [5, 5.41) is 6.01. The maximum atomic E-state index is 13.4. The average molecular weight is 682 g/mol. The van der Waals surface area contributed by atoms with Gasteiger partial charge < -0.3 is 9.47 Å². The number of ether oxygens (including phenoxy) is 2. The number of hydrogen-bond donors (Lipinski definition) is 0. The predicted octanol–water partition coefficient (Wildman–Crippen LogP) is 8.60. The zero-order chi connectivity index (χ0) is 27.4. The fourth-order valence-corrected chi connectivity index (χ4v) is 5.01. The summed E-state index contributed by atoms with van der Waals surface area (Å²) in [6.45, 7) is 6.70. The topological polar surface area (TPSA) is 65.7 Å². The van der Waals surface area contributed by atoms with Gasteiger partial charge in [-0.1, -0.05) is 59.0 Å². The first-order valence-corrected chi connectivity index (χ1v) is 14.4. The zero-order valence-corrected chi connectivity index (χ0v) is 25.7. The van der Waals surface area contributed by atoms with Gasteiger partial charge in [0, 0.05) is 10.4 Å². The minimum atomic E-state index is -0.228. The van der Waals surface area contributed by atoms with Crippen LogP contribution in [0.5, 0.6) is 11.5 Å². The van der Waals surface area contributed by atoms with Crippen molar-refractivity contribution in [1.29, 1.82) is 0 Å². The summed E-state index contributed by atoms with van der Waals surface area (Å²) in [4.78, 5) is 18.2. The van der Waals surface area contributed by atoms with Gasteiger partial charge in [-0.3, -0.25) is 4.79 Å². The standard InChI is InChI=1S/C28H25Br2Cl2N3O3/c1-4-16(3)27-34-24-9-7-19(29)13-20(24)28(36)35(27)33-14-18-10-21(30)26(25(12-18)37-5-2)38-15-17-6-8-22(31)23(32)11-17/h6-14,16H,4-5,15H2,1-3H3/t16-/m1/s1. The highest BCUT2D eigenvalue weighted by Gasteiger charge is 2.17. The van der Waals surface area contributed by atoms with Crippen molar-refractivity contribution >= 4 is 72.2 Å². The number of rotatable bonds is 9. The third-order valence-corrected chi connectivity index (χ3v) is 7.73. The lowest BCUT2D eigenvalue weighted by molar-refractivity contribution is 0.267. The van der Waals surface area contributed by atoms with Crippen LogP contribution in [0.4, 0.5) is 0 Å². The maximum Gasteiger partial charge on any atom is 0.282 e. The molecule has 0 aliphatic heterocycles. The molecule has 0 saturated heterocycles. The third kappa shape index (κ3) is 6.42. The molecule has 0 spiro atoms. The highest BCUT2D eigenvalue weighted by atomic mass is 79.9. The minimum absolute atomic E-state index is 0.0377. The van der Waals surface area contributed by atoms with E-state index in [0.29, 0.717) is 49.4 Å². The Morgan fingerprint density at radius 2 is 1.84 bits per heavy atom. The molecule has 1 heterocycles. The molecule has 198 valence electrons. The van der Waals surface area contributed by atoms with Crippen LogP contribution in [0.15, 0.2) is 67.4 Å². The molecule has 1 aromatic heterocycles. The molecule has 0 fully saturated rings. The lowest BCUT2D eigenvalue weighted by Gasteiger charge is -2.15. The van der Waals surface area contributed by atoms with Gasteiger partial charge in [0.2, 0.25) is 0 Å². The SMILES string of the molecule is CCOc1cc(C=Nn2c([C@H](C)CC)nc3ccc(Br)cc3c2=O)cc(Br)c1OCc1ccc(Cl)c(Cl)c1. The van der Waals surface area contributed by atoms with E-state index in [4.69, 9.17) is 37.7 Å². The lowest BCUT2D eigenvalue weighted by Crippen LogP contribution is -2.23. The second kappa shape index (κ2) is 12.6. The van der Waals surface area contributed by atoms with Crippen molar-refractivity contribution < 1.29 is 9.47 Å². The summed E-state index contributed by atoms with van der Waals surface area (Å²) in [6.07, 6.45) is 2.43. The maximum absolute atomic E-state index is 13.4. The number of benzene rings is 3. The summed E-state index contributed by atoms with van der Waals surface area (Å²) in [7, 11) is 0. The van der Waals surface area contributed by atoms with E-state index in [1.807, 2.05) is 44.2 Å². The summed E-state index contributed by atoms with van der Waals surface area (Å²) < 4.78 is 14.8. The molecule has 38 heavy (non-hydrogen) atoms.